The molecule has 1 aromatic carbocycles. The molecule has 0 saturated heterocycles. The second kappa shape index (κ2) is 7.63. The SMILES string of the molecule is Cc1cccc(NC(=O)C(C)SC2=C(C#N)C(C)(C)C(C#N)C(=O)N2)c1. The van der Waals surface area contributed by atoms with Gasteiger partial charge >= 0.3 is 0 Å². The van der Waals surface area contributed by atoms with Crippen molar-refractivity contribution in [3.05, 3.63) is 40.4 Å². The molecule has 2 rings (SSSR count). The topological polar surface area (TPSA) is 106 Å². The zero-order valence-electron chi connectivity index (χ0n) is 15.1. The Balaban J connectivity index is 2.21. The van der Waals surface area contributed by atoms with Gasteiger partial charge in [0, 0.05) is 11.1 Å². The number of anilines is 1. The van der Waals surface area contributed by atoms with Gasteiger partial charge in [0.15, 0.2) is 0 Å². The summed E-state index contributed by atoms with van der Waals surface area (Å²) < 4.78 is 0. The normalized spacial score (nSPS) is 19.8. The number of carbonyl (C=O) groups is 2. The van der Waals surface area contributed by atoms with Crippen LogP contribution in [-0.4, -0.2) is 17.1 Å². The number of allylic oxidation sites excluding steroid dienone is 1. The number of carbonyl (C=O) groups excluding carboxylic acids is 2. The third-order valence-electron chi connectivity index (χ3n) is 4.28. The van der Waals surface area contributed by atoms with Crippen LogP contribution >= 0.6 is 11.8 Å². The summed E-state index contributed by atoms with van der Waals surface area (Å²) in [5, 5.41) is 24.0. The van der Waals surface area contributed by atoms with Gasteiger partial charge in [0.05, 0.1) is 28.0 Å². The summed E-state index contributed by atoms with van der Waals surface area (Å²) in [5.41, 5.74) is 1.11. The van der Waals surface area contributed by atoms with Gasteiger partial charge in [-0.15, -0.1) is 0 Å². The minimum atomic E-state index is -0.946. The first-order valence-corrected chi connectivity index (χ1v) is 8.98. The molecule has 0 aliphatic carbocycles. The molecule has 0 aromatic heterocycles. The number of hydrogen-bond acceptors (Lipinski definition) is 5. The highest BCUT2D eigenvalue weighted by Crippen LogP contribution is 2.42. The van der Waals surface area contributed by atoms with Crippen LogP contribution in [0.3, 0.4) is 0 Å². The molecule has 0 bridgehead atoms. The van der Waals surface area contributed by atoms with E-state index in [1.807, 2.05) is 31.2 Å². The molecule has 0 radical (unpaired) electrons. The Morgan fingerprint density at radius 2 is 2.08 bits per heavy atom. The van der Waals surface area contributed by atoms with Crippen LogP contribution in [0.5, 0.6) is 0 Å². The van der Waals surface area contributed by atoms with Gasteiger partial charge < -0.3 is 10.6 Å². The molecule has 1 aliphatic rings. The smallest absolute Gasteiger partial charge is 0.243 e. The van der Waals surface area contributed by atoms with E-state index in [1.165, 1.54) is 0 Å². The average molecular weight is 368 g/mol. The number of nitrogens with zero attached hydrogens (tertiary/aromatic N) is 2. The molecule has 1 aromatic rings. The molecule has 0 saturated carbocycles. The molecule has 1 heterocycles. The van der Waals surface area contributed by atoms with Crippen molar-refractivity contribution in [1.29, 1.82) is 10.5 Å². The number of benzene rings is 1. The Bertz CT molecular complexity index is 861. The Kier molecular flexibility index (Phi) is 5.74. The predicted molar refractivity (Wildman–Crippen MR) is 101 cm³/mol. The summed E-state index contributed by atoms with van der Waals surface area (Å²) in [6.45, 7) is 7.02. The summed E-state index contributed by atoms with van der Waals surface area (Å²) in [6, 6.07) is 11.5. The Morgan fingerprint density at radius 1 is 1.38 bits per heavy atom. The maximum absolute atomic E-state index is 12.5. The quantitative estimate of drug-likeness (QED) is 0.849. The number of amides is 2. The molecule has 2 amide bonds. The van der Waals surface area contributed by atoms with E-state index in [2.05, 4.69) is 16.7 Å². The monoisotopic (exact) mass is 368 g/mol. The standard InChI is InChI=1S/C19H20N4O2S/c1-11-6-5-7-13(8-11)22-16(24)12(2)26-18-15(10-21)19(3,4)14(9-20)17(25)23-18/h5-8,12,14H,1-4H3,(H,22,24)(H,23,25). The zero-order valence-corrected chi connectivity index (χ0v) is 15.9. The first-order chi connectivity index (χ1) is 12.2. The molecule has 2 N–H and O–H groups in total. The predicted octanol–water partition coefficient (Wildman–Crippen LogP) is 3.09. The number of hydrogen-bond donors (Lipinski definition) is 2. The molecule has 134 valence electrons. The van der Waals surface area contributed by atoms with E-state index in [4.69, 9.17) is 0 Å². The van der Waals surface area contributed by atoms with Crippen LogP contribution in [0.1, 0.15) is 26.3 Å². The average Bonchev–Trinajstić information content (AvgIpc) is 2.54. The van der Waals surface area contributed by atoms with Crippen molar-refractivity contribution in [3.8, 4) is 12.1 Å². The molecule has 0 spiro atoms. The fourth-order valence-corrected chi connectivity index (χ4v) is 3.82. The number of nitrogens with one attached hydrogen (secondary N) is 2. The van der Waals surface area contributed by atoms with E-state index in [1.54, 1.807) is 26.8 Å². The fraction of sp³-hybridized carbons (Fsp3) is 0.368. The molecule has 26 heavy (non-hydrogen) atoms. The van der Waals surface area contributed by atoms with Crippen LogP contribution < -0.4 is 10.6 Å². The van der Waals surface area contributed by atoms with Gasteiger partial charge in [-0.3, -0.25) is 9.59 Å². The van der Waals surface area contributed by atoms with Crippen LogP contribution in [0, 0.1) is 40.9 Å². The lowest BCUT2D eigenvalue weighted by Gasteiger charge is -2.35. The lowest BCUT2D eigenvalue weighted by atomic mass is 9.72. The number of aryl methyl sites for hydroxylation is 1. The summed E-state index contributed by atoms with van der Waals surface area (Å²) in [7, 11) is 0. The van der Waals surface area contributed by atoms with Gasteiger partial charge in [-0.2, -0.15) is 10.5 Å². The second-order valence-electron chi connectivity index (χ2n) is 6.71. The highest BCUT2D eigenvalue weighted by Gasteiger charge is 2.45. The fourth-order valence-electron chi connectivity index (χ4n) is 2.71. The lowest BCUT2D eigenvalue weighted by Crippen LogP contribution is -2.45. The third kappa shape index (κ3) is 3.89. The minimum Gasteiger partial charge on any atom is -0.325 e. The van der Waals surface area contributed by atoms with Gasteiger partial charge in [-0.1, -0.05) is 37.7 Å². The first kappa shape index (κ1) is 19.6. The van der Waals surface area contributed by atoms with Crippen molar-refractivity contribution >= 4 is 29.3 Å². The van der Waals surface area contributed by atoms with E-state index in [0.29, 0.717) is 16.3 Å². The van der Waals surface area contributed by atoms with E-state index in [-0.39, 0.29) is 5.91 Å². The largest absolute Gasteiger partial charge is 0.325 e. The van der Waals surface area contributed by atoms with E-state index < -0.39 is 22.5 Å². The van der Waals surface area contributed by atoms with Gasteiger partial charge in [-0.05, 0) is 31.5 Å². The second-order valence-corrected chi connectivity index (χ2v) is 8.06. The Morgan fingerprint density at radius 3 is 2.65 bits per heavy atom. The number of nitriles is 2. The molecule has 6 nitrogen and oxygen atoms in total. The molecule has 2 unspecified atom stereocenters. The van der Waals surface area contributed by atoms with E-state index in [9.17, 15) is 20.1 Å². The molecular formula is C19H20N4O2S. The summed E-state index contributed by atoms with van der Waals surface area (Å²) in [5.74, 6) is -1.64. The molecule has 0 fully saturated rings. The maximum Gasteiger partial charge on any atom is 0.243 e. The van der Waals surface area contributed by atoms with Crippen LogP contribution in [0.2, 0.25) is 0 Å². The Labute approximate surface area is 157 Å². The summed E-state index contributed by atoms with van der Waals surface area (Å²) in [4.78, 5) is 24.7. The maximum atomic E-state index is 12.5. The Hall–Kier alpha value is -2.77. The highest BCUT2D eigenvalue weighted by atomic mass is 32.2. The number of rotatable bonds is 4. The lowest BCUT2D eigenvalue weighted by molar-refractivity contribution is -0.125. The first-order valence-electron chi connectivity index (χ1n) is 8.10. The van der Waals surface area contributed by atoms with Crippen molar-refractivity contribution in [3.63, 3.8) is 0 Å². The van der Waals surface area contributed by atoms with Crippen molar-refractivity contribution in [2.45, 2.75) is 32.9 Å². The van der Waals surface area contributed by atoms with Crippen molar-refractivity contribution < 1.29 is 9.59 Å². The van der Waals surface area contributed by atoms with E-state index >= 15 is 0 Å². The molecular weight excluding hydrogens is 348 g/mol. The van der Waals surface area contributed by atoms with Crippen molar-refractivity contribution in [1.82, 2.24) is 5.32 Å². The van der Waals surface area contributed by atoms with Gasteiger partial charge in [0.2, 0.25) is 11.8 Å². The summed E-state index contributed by atoms with van der Waals surface area (Å²) in [6.07, 6.45) is 0. The third-order valence-corrected chi connectivity index (χ3v) is 5.39. The highest BCUT2D eigenvalue weighted by molar-refractivity contribution is 8.04. The molecule has 2 atom stereocenters. The molecule has 7 heteroatoms. The minimum absolute atomic E-state index is 0.236. The summed E-state index contributed by atoms with van der Waals surface area (Å²) >= 11 is 1.11. The number of thioether (sulfide) groups is 1. The molecule has 1 aliphatic heterocycles. The van der Waals surface area contributed by atoms with Crippen LogP contribution in [0.15, 0.2) is 34.9 Å². The van der Waals surface area contributed by atoms with Crippen LogP contribution in [0.25, 0.3) is 0 Å². The van der Waals surface area contributed by atoms with E-state index in [0.717, 1.165) is 17.3 Å². The van der Waals surface area contributed by atoms with Crippen molar-refractivity contribution in [2.75, 3.05) is 5.32 Å². The zero-order chi connectivity index (χ0) is 19.5. The van der Waals surface area contributed by atoms with Gasteiger partial charge in [-0.25, -0.2) is 0 Å². The van der Waals surface area contributed by atoms with Gasteiger partial charge in [0.25, 0.3) is 0 Å². The van der Waals surface area contributed by atoms with Crippen LogP contribution in [-0.2, 0) is 9.59 Å². The van der Waals surface area contributed by atoms with Crippen molar-refractivity contribution in [2.24, 2.45) is 11.3 Å². The van der Waals surface area contributed by atoms with Gasteiger partial charge in [0.1, 0.15) is 5.92 Å². The van der Waals surface area contributed by atoms with Crippen LogP contribution in [0.4, 0.5) is 5.69 Å².